The van der Waals surface area contributed by atoms with Crippen LogP contribution in [0.15, 0.2) is 51.8 Å². The van der Waals surface area contributed by atoms with Gasteiger partial charge >= 0.3 is 0 Å². The highest BCUT2D eigenvalue weighted by atomic mass is 79.9. The largest absolute Gasteiger partial charge is 0.507 e. The molecule has 3 rings (SSSR count). The number of anilines is 1. The maximum Gasteiger partial charge on any atom is 0.266 e. The molecule has 0 bridgehead atoms. The lowest BCUT2D eigenvalue weighted by atomic mass is 10.2. The zero-order valence-corrected chi connectivity index (χ0v) is 18.7. The first-order valence-corrected chi connectivity index (χ1v) is 10.5. The van der Waals surface area contributed by atoms with Crippen molar-refractivity contribution in [2.75, 3.05) is 12.4 Å². The fourth-order valence-electron chi connectivity index (χ4n) is 2.63. The Hall–Kier alpha value is -2.36. The normalized spacial score (nSPS) is 16.2. The van der Waals surface area contributed by atoms with Gasteiger partial charge in [-0.2, -0.15) is 0 Å². The van der Waals surface area contributed by atoms with Crippen LogP contribution in [0, 0.1) is 0 Å². The summed E-state index contributed by atoms with van der Waals surface area (Å²) in [4.78, 5) is 27.1. The third kappa shape index (κ3) is 4.80. The van der Waals surface area contributed by atoms with Crippen LogP contribution in [0.5, 0.6) is 11.5 Å². The van der Waals surface area contributed by atoms with E-state index in [0.717, 1.165) is 16.2 Å². The number of hydrogen-bond donors (Lipinski definition) is 2. The van der Waals surface area contributed by atoms with E-state index in [-0.39, 0.29) is 21.9 Å². The predicted molar refractivity (Wildman–Crippen MR) is 122 cm³/mol. The molecule has 1 heterocycles. The van der Waals surface area contributed by atoms with Gasteiger partial charge in [0.2, 0.25) is 5.91 Å². The minimum atomic E-state index is -0.799. The molecule has 0 aliphatic carbocycles. The molecular weight excluding hydrogens is 476 g/mol. The Morgan fingerprint density at radius 2 is 2.00 bits per heavy atom. The number of thioether (sulfide) groups is 1. The summed E-state index contributed by atoms with van der Waals surface area (Å²) in [5.41, 5.74) is 1.07. The van der Waals surface area contributed by atoms with Gasteiger partial charge in [-0.1, -0.05) is 39.9 Å². The molecule has 1 unspecified atom stereocenters. The van der Waals surface area contributed by atoms with Crippen molar-refractivity contribution in [2.45, 2.75) is 13.0 Å². The summed E-state index contributed by atoms with van der Waals surface area (Å²) in [6.45, 7) is 1.61. The minimum Gasteiger partial charge on any atom is -0.507 e. The Kier molecular flexibility index (Phi) is 6.61. The summed E-state index contributed by atoms with van der Waals surface area (Å²) in [6, 6.07) is 11.0. The monoisotopic (exact) mass is 492 g/mol. The maximum atomic E-state index is 12.9. The molecule has 0 radical (unpaired) electrons. The molecule has 9 heteroatoms. The number of hydrogen-bond acceptors (Lipinski definition) is 6. The molecule has 1 aliphatic rings. The second-order valence-electron chi connectivity index (χ2n) is 6.15. The van der Waals surface area contributed by atoms with Crippen LogP contribution in [0.4, 0.5) is 5.69 Å². The molecular formula is C20H17BrN2O4S2. The Morgan fingerprint density at radius 1 is 1.31 bits per heavy atom. The summed E-state index contributed by atoms with van der Waals surface area (Å²) < 4.78 is 6.15. The number of rotatable bonds is 5. The lowest BCUT2D eigenvalue weighted by Crippen LogP contribution is -2.44. The van der Waals surface area contributed by atoms with Crippen LogP contribution < -0.4 is 10.1 Å². The lowest BCUT2D eigenvalue weighted by Gasteiger charge is -2.22. The number of ether oxygens (including phenoxy) is 1. The van der Waals surface area contributed by atoms with Gasteiger partial charge in [0.1, 0.15) is 21.9 Å². The zero-order chi connectivity index (χ0) is 21.1. The highest BCUT2D eigenvalue weighted by molar-refractivity contribution is 9.10. The van der Waals surface area contributed by atoms with Gasteiger partial charge in [0.15, 0.2) is 0 Å². The molecule has 29 heavy (non-hydrogen) atoms. The molecule has 1 atom stereocenters. The van der Waals surface area contributed by atoms with Gasteiger partial charge in [-0.15, -0.1) is 0 Å². The number of aromatic hydroxyl groups is 1. The smallest absolute Gasteiger partial charge is 0.266 e. The van der Waals surface area contributed by atoms with E-state index in [2.05, 4.69) is 21.2 Å². The number of nitrogens with one attached hydrogen (secondary N) is 1. The fraction of sp³-hybridized carbons (Fsp3) is 0.150. The molecule has 2 amide bonds. The van der Waals surface area contributed by atoms with Crippen LogP contribution in [0.25, 0.3) is 6.08 Å². The van der Waals surface area contributed by atoms with Crippen molar-refractivity contribution in [3.8, 4) is 11.5 Å². The van der Waals surface area contributed by atoms with Gasteiger partial charge in [-0.25, -0.2) is 0 Å². The van der Waals surface area contributed by atoms with E-state index in [9.17, 15) is 14.7 Å². The lowest BCUT2D eigenvalue weighted by molar-refractivity contribution is -0.129. The first kappa shape index (κ1) is 21.4. The molecule has 2 aromatic rings. The molecule has 0 aromatic heterocycles. The molecule has 0 spiro atoms. The standard InChI is InChI=1S/C20H17BrN2O4S2/c1-11(18(25)22-14-4-6-15(27-2)7-5-14)23-19(26)17(29-20(23)28)10-12-9-13(21)3-8-16(12)24/h3-11,24H,1-2H3,(H,22,25)/b17-10-. The first-order valence-electron chi connectivity index (χ1n) is 8.50. The van der Waals surface area contributed by atoms with Gasteiger partial charge in [0, 0.05) is 15.7 Å². The van der Waals surface area contributed by atoms with Gasteiger partial charge in [-0.3, -0.25) is 14.5 Å². The zero-order valence-electron chi connectivity index (χ0n) is 15.5. The van der Waals surface area contributed by atoms with Gasteiger partial charge < -0.3 is 15.2 Å². The fourth-order valence-corrected chi connectivity index (χ4v) is 4.42. The van der Waals surface area contributed by atoms with E-state index < -0.39 is 6.04 Å². The van der Waals surface area contributed by atoms with Crippen molar-refractivity contribution in [1.82, 2.24) is 4.90 Å². The first-order chi connectivity index (χ1) is 13.8. The van der Waals surface area contributed by atoms with Gasteiger partial charge in [0.05, 0.1) is 12.0 Å². The van der Waals surface area contributed by atoms with E-state index >= 15 is 0 Å². The molecule has 1 saturated heterocycles. The van der Waals surface area contributed by atoms with Crippen LogP contribution >= 0.6 is 39.9 Å². The van der Waals surface area contributed by atoms with Crippen molar-refractivity contribution in [2.24, 2.45) is 0 Å². The third-order valence-electron chi connectivity index (χ3n) is 4.22. The van der Waals surface area contributed by atoms with Crippen molar-refractivity contribution in [3.05, 3.63) is 57.4 Å². The number of nitrogens with zero attached hydrogens (tertiary/aromatic N) is 1. The van der Waals surface area contributed by atoms with E-state index in [0.29, 0.717) is 21.9 Å². The van der Waals surface area contributed by atoms with E-state index in [1.807, 2.05) is 0 Å². The number of thiocarbonyl (C=S) groups is 1. The van der Waals surface area contributed by atoms with Crippen molar-refractivity contribution in [1.29, 1.82) is 0 Å². The van der Waals surface area contributed by atoms with Crippen LogP contribution in [0.2, 0.25) is 0 Å². The summed E-state index contributed by atoms with van der Waals surface area (Å²) in [6.07, 6.45) is 1.56. The predicted octanol–water partition coefficient (Wildman–Crippen LogP) is 4.39. The van der Waals surface area contributed by atoms with E-state index in [4.69, 9.17) is 17.0 Å². The SMILES string of the molecule is COc1ccc(NC(=O)C(C)N2C(=O)/C(=C/c3cc(Br)ccc3O)SC2=S)cc1. The Morgan fingerprint density at radius 3 is 2.66 bits per heavy atom. The maximum absolute atomic E-state index is 12.9. The van der Waals surface area contributed by atoms with E-state index in [1.54, 1.807) is 56.5 Å². The van der Waals surface area contributed by atoms with Crippen molar-refractivity contribution < 1.29 is 19.4 Å². The molecule has 1 aliphatic heterocycles. The second kappa shape index (κ2) is 8.98. The summed E-state index contributed by atoms with van der Waals surface area (Å²) in [7, 11) is 1.56. The number of phenolic OH excluding ortho intramolecular Hbond substituents is 1. The minimum absolute atomic E-state index is 0.0452. The topological polar surface area (TPSA) is 78.9 Å². The Labute approximate surface area is 186 Å². The number of halogens is 1. The van der Waals surface area contributed by atoms with Crippen molar-refractivity contribution >= 4 is 67.8 Å². The molecule has 2 N–H and O–H groups in total. The van der Waals surface area contributed by atoms with Gasteiger partial charge in [-0.05, 0) is 55.5 Å². The van der Waals surface area contributed by atoms with Crippen LogP contribution in [0.1, 0.15) is 12.5 Å². The van der Waals surface area contributed by atoms with Crippen LogP contribution in [0.3, 0.4) is 0 Å². The average molecular weight is 493 g/mol. The second-order valence-corrected chi connectivity index (χ2v) is 8.74. The van der Waals surface area contributed by atoms with Crippen LogP contribution in [-0.2, 0) is 9.59 Å². The highest BCUT2D eigenvalue weighted by Crippen LogP contribution is 2.36. The molecule has 6 nitrogen and oxygen atoms in total. The third-order valence-corrected chi connectivity index (χ3v) is 6.05. The number of benzene rings is 2. The van der Waals surface area contributed by atoms with Gasteiger partial charge in [0.25, 0.3) is 5.91 Å². The number of carbonyl (C=O) groups excluding carboxylic acids is 2. The summed E-state index contributed by atoms with van der Waals surface area (Å²) >= 11 is 9.75. The Bertz CT molecular complexity index is 1010. The number of carbonyl (C=O) groups is 2. The highest BCUT2D eigenvalue weighted by Gasteiger charge is 2.38. The van der Waals surface area contributed by atoms with Crippen molar-refractivity contribution in [3.63, 3.8) is 0 Å². The number of phenols is 1. The summed E-state index contributed by atoms with van der Waals surface area (Å²) in [5.74, 6) is -0.0209. The quantitative estimate of drug-likeness (QED) is 0.475. The molecule has 2 aromatic carbocycles. The molecule has 1 fully saturated rings. The number of methoxy groups -OCH3 is 1. The summed E-state index contributed by atoms with van der Waals surface area (Å²) in [5, 5.41) is 12.8. The molecule has 150 valence electrons. The molecule has 0 saturated carbocycles. The van der Waals surface area contributed by atoms with E-state index in [1.165, 1.54) is 11.0 Å². The Balaban J connectivity index is 1.76. The number of amides is 2. The van der Waals surface area contributed by atoms with Crippen LogP contribution in [-0.4, -0.2) is 39.3 Å². The average Bonchev–Trinajstić information content (AvgIpc) is 2.97.